The molecule has 1 amide bonds. The summed E-state index contributed by atoms with van der Waals surface area (Å²) in [6.07, 6.45) is 2.24. The van der Waals surface area contributed by atoms with Crippen molar-refractivity contribution in [3.63, 3.8) is 0 Å². The molecular weight excluding hydrogens is 318 g/mol. The van der Waals surface area contributed by atoms with Gasteiger partial charge in [0.15, 0.2) is 0 Å². The lowest BCUT2D eigenvalue weighted by atomic mass is 9.69. The maximum absolute atomic E-state index is 11.7. The normalized spacial score (nSPS) is 16.4. The second-order valence-electron chi connectivity index (χ2n) is 4.91. The average molecular weight is 334 g/mol. The minimum atomic E-state index is -0.801. The molecule has 0 aliphatic heterocycles. The van der Waals surface area contributed by atoms with Crippen LogP contribution in [0.25, 0.3) is 0 Å². The molecule has 1 fully saturated rings. The Morgan fingerprint density at radius 2 is 2.20 bits per heavy atom. The summed E-state index contributed by atoms with van der Waals surface area (Å²) in [5.41, 5.74) is -0.721. The number of amides is 1. The van der Waals surface area contributed by atoms with E-state index in [1.165, 1.54) is 23.1 Å². The van der Waals surface area contributed by atoms with Crippen LogP contribution in [0.2, 0.25) is 4.34 Å². The number of carbonyl (C=O) groups is 2. The lowest BCUT2D eigenvalue weighted by Crippen LogP contribution is -2.47. The zero-order valence-corrected chi connectivity index (χ0v) is 13.2. The smallest absolute Gasteiger partial charge is 0.311 e. The second kappa shape index (κ2) is 6.83. The predicted octanol–water partition coefficient (Wildman–Crippen LogP) is 3.01. The van der Waals surface area contributed by atoms with E-state index in [2.05, 4.69) is 5.32 Å². The van der Waals surface area contributed by atoms with E-state index >= 15 is 0 Å². The predicted molar refractivity (Wildman–Crippen MR) is 82.4 cm³/mol. The molecule has 2 N–H and O–H groups in total. The highest BCUT2D eigenvalue weighted by molar-refractivity contribution is 7.99. The largest absolute Gasteiger partial charge is 0.481 e. The maximum Gasteiger partial charge on any atom is 0.311 e. The van der Waals surface area contributed by atoms with E-state index in [1.54, 1.807) is 0 Å². The summed E-state index contributed by atoms with van der Waals surface area (Å²) in [7, 11) is 0. The number of carboxylic acids is 1. The topological polar surface area (TPSA) is 66.4 Å². The first-order chi connectivity index (χ1) is 9.52. The number of carbonyl (C=O) groups excluding carboxylic acids is 1. The van der Waals surface area contributed by atoms with Crippen LogP contribution >= 0.6 is 34.7 Å². The molecule has 0 unspecified atom stereocenters. The average Bonchev–Trinajstić information content (AvgIpc) is 2.73. The summed E-state index contributed by atoms with van der Waals surface area (Å²) in [5, 5.41) is 11.9. The molecule has 0 saturated heterocycles. The molecule has 0 atom stereocenters. The Bertz CT molecular complexity index is 500. The molecule has 1 aliphatic rings. The molecule has 0 aromatic carbocycles. The van der Waals surface area contributed by atoms with Gasteiger partial charge in [0, 0.05) is 17.2 Å². The molecule has 4 nitrogen and oxygen atoms in total. The van der Waals surface area contributed by atoms with Crippen LogP contribution < -0.4 is 5.32 Å². The summed E-state index contributed by atoms with van der Waals surface area (Å²) in [5.74, 6) is 0.176. The minimum Gasteiger partial charge on any atom is -0.481 e. The van der Waals surface area contributed by atoms with Gasteiger partial charge in [-0.25, -0.2) is 0 Å². The standard InChI is InChI=1S/C13H16ClNO3S2/c14-10-3-2-9(20-10)6-19-7-11(16)15-8-13(12(17)18)4-1-5-13/h2-3H,1,4-8H2,(H,15,16)(H,17,18). The number of aliphatic carboxylic acids is 1. The number of thiophene rings is 1. The van der Waals surface area contributed by atoms with Gasteiger partial charge in [0.1, 0.15) is 0 Å². The first-order valence-electron chi connectivity index (χ1n) is 6.34. The van der Waals surface area contributed by atoms with Gasteiger partial charge < -0.3 is 10.4 Å². The van der Waals surface area contributed by atoms with E-state index < -0.39 is 11.4 Å². The van der Waals surface area contributed by atoms with Gasteiger partial charge in [0.05, 0.1) is 15.5 Å². The van der Waals surface area contributed by atoms with Crippen molar-refractivity contribution in [2.45, 2.75) is 25.0 Å². The monoisotopic (exact) mass is 333 g/mol. The second-order valence-corrected chi connectivity index (χ2v) is 7.70. The molecule has 2 rings (SSSR count). The molecule has 1 aromatic heterocycles. The van der Waals surface area contributed by atoms with Crippen LogP contribution in [0.4, 0.5) is 0 Å². The summed E-state index contributed by atoms with van der Waals surface area (Å²) in [6, 6.07) is 3.79. The van der Waals surface area contributed by atoms with Crippen molar-refractivity contribution in [1.29, 1.82) is 0 Å². The van der Waals surface area contributed by atoms with Crippen LogP contribution in [0.1, 0.15) is 24.1 Å². The number of hydrogen-bond donors (Lipinski definition) is 2. The fourth-order valence-corrected chi connectivity index (χ4v) is 4.12. The van der Waals surface area contributed by atoms with Crippen molar-refractivity contribution in [2.75, 3.05) is 12.3 Å². The Morgan fingerprint density at radius 3 is 2.70 bits per heavy atom. The van der Waals surface area contributed by atoms with Gasteiger partial charge in [0.2, 0.25) is 5.91 Å². The molecule has 1 aliphatic carbocycles. The van der Waals surface area contributed by atoms with E-state index in [-0.39, 0.29) is 12.5 Å². The minimum absolute atomic E-state index is 0.106. The molecule has 0 bridgehead atoms. The third-order valence-corrected chi connectivity index (χ3v) is 5.89. The fourth-order valence-electron chi connectivity index (χ4n) is 2.06. The van der Waals surface area contributed by atoms with Crippen molar-refractivity contribution in [2.24, 2.45) is 5.41 Å². The van der Waals surface area contributed by atoms with Crippen LogP contribution in [-0.4, -0.2) is 29.3 Å². The molecular formula is C13H16ClNO3S2. The molecule has 0 spiro atoms. The number of hydrogen-bond acceptors (Lipinski definition) is 4. The number of carboxylic acid groups (broad SMARTS) is 1. The van der Waals surface area contributed by atoms with Gasteiger partial charge in [-0.05, 0) is 25.0 Å². The van der Waals surface area contributed by atoms with Gasteiger partial charge in [-0.3, -0.25) is 9.59 Å². The highest BCUT2D eigenvalue weighted by atomic mass is 35.5. The Morgan fingerprint density at radius 1 is 1.45 bits per heavy atom. The molecule has 110 valence electrons. The van der Waals surface area contributed by atoms with Crippen molar-refractivity contribution < 1.29 is 14.7 Å². The molecule has 7 heteroatoms. The number of thioether (sulfide) groups is 1. The van der Waals surface area contributed by atoms with Crippen LogP contribution in [0.3, 0.4) is 0 Å². The summed E-state index contributed by atoms with van der Waals surface area (Å²) in [6.45, 7) is 0.243. The number of rotatable bonds is 7. The van der Waals surface area contributed by atoms with Gasteiger partial charge >= 0.3 is 5.97 Å². The summed E-state index contributed by atoms with van der Waals surface area (Å²) >= 11 is 8.84. The van der Waals surface area contributed by atoms with Gasteiger partial charge in [-0.1, -0.05) is 18.0 Å². The lowest BCUT2D eigenvalue weighted by Gasteiger charge is -2.37. The first-order valence-corrected chi connectivity index (χ1v) is 8.69. The van der Waals surface area contributed by atoms with Gasteiger partial charge in [-0.15, -0.1) is 23.1 Å². The Labute approximate surface area is 130 Å². The molecule has 1 heterocycles. The summed E-state index contributed by atoms with van der Waals surface area (Å²) in [4.78, 5) is 24.0. The van der Waals surface area contributed by atoms with E-state index in [0.29, 0.717) is 18.6 Å². The number of halogens is 1. The van der Waals surface area contributed by atoms with E-state index in [1.807, 2.05) is 12.1 Å². The van der Waals surface area contributed by atoms with Crippen molar-refractivity contribution >= 4 is 46.6 Å². The third kappa shape index (κ3) is 3.90. The Balaban J connectivity index is 1.67. The zero-order valence-electron chi connectivity index (χ0n) is 10.9. The highest BCUT2D eigenvalue weighted by Gasteiger charge is 2.44. The van der Waals surface area contributed by atoms with Gasteiger partial charge in [-0.2, -0.15) is 0 Å². The molecule has 1 saturated carbocycles. The molecule has 20 heavy (non-hydrogen) atoms. The SMILES string of the molecule is O=C(CSCc1ccc(Cl)s1)NCC1(C(=O)O)CCC1. The zero-order chi connectivity index (χ0) is 14.6. The van der Waals surface area contributed by atoms with Crippen molar-refractivity contribution in [3.8, 4) is 0 Å². The van der Waals surface area contributed by atoms with E-state index in [4.69, 9.17) is 16.7 Å². The maximum atomic E-state index is 11.7. The lowest BCUT2D eigenvalue weighted by molar-refractivity contribution is -0.154. The van der Waals surface area contributed by atoms with Crippen LogP contribution in [0, 0.1) is 5.41 Å². The fraction of sp³-hybridized carbons (Fsp3) is 0.538. The van der Waals surface area contributed by atoms with Gasteiger partial charge in [0.25, 0.3) is 0 Å². The summed E-state index contributed by atoms with van der Waals surface area (Å²) < 4.78 is 0.749. The van der Waals surface area contributed by atoms with E-state index in [9.17, 15) is 9.59 Å². The van der Waals surface area contributed by atoms with Crippen LogP contribution in [0.5, 0.6) is 0 Å². The Hall–Kier alpha value is -0.720. The highest BCUT2D eigenvalue weighted by Crippen LogP contribution is 2.40. The van der Waals surface area contributed by atoms with E-state index in [0.717, 1.165) is 21.4 Å². The van der Waals surface area contributed by atoms with Crippen LogP contribution in [0.15, 0.2) is 12.1 Å². The van der Waals surface area contributed by atoms with Crippen LogP contribution in [-0.2, 0) is 15.3 Å². The number of nitrogens with one attached hydrogen (secondary N) is 1. The van der Waals surface area contributed by atoms with Crippen molar-refractivity contribution in [1.82, 2.24) is 5.32 Å². The quantitative estimate of drug-likeness (QED) is 0.805. The van der Waals surface area contributed by atoms with Crippen molar-refractivity contribution in [3.05, 3.63) is 21.3 Å². The Kier molecular flexibility index (Phi) is 5.35. The first kappa shape index (κ1) is 15.7. The molecule has 1 aromatic rings. The third-order valence-electron chi connectivity index (χ3n) is 3.49. The molecule has 0 radical (unpaired) electrons.